The van der Waals surface area contributed by atoms with Crippen LogP contribution in [0.4, 0.5) is 0 Å². The van der Waals surface area contributed by atoms with E-state index in [9.17, 15) is 9.59 Å². The van der Waals surface area contributed by atoms with Gasteiger partial charge in [-0.25, -0.2) is 4.79 Å². The van der Waals surface area contributed by atoms with Crippen LogP contribution >= 0.6 is 0 Å². The second-order valence-electron chi connectivity index (χ2n) is 4.07. The molecule has 5 N–H and O–H groups in total. The first kappa shape index (κ1) is 14.8. The SMILES string of the molecule is CNC(=O)C(C)(NO)C(=N)c1ccc(C(=O)O)cc1. The van der Waals surface area contributed by atoms with Crippen LogP contribution in [0.25, 0.3) is 0 Å². The Labute approximate surface area is 109 Å². The number of carboxylic acids is 1. The van der Waals surface area contributed by atoms with Crippen molar-refractivity contribution in [1.82, 2.24) is 10.8 Å². The maximum atomic E-state index is 11.7. The van der Waals surface area contributed by atoms with E-state index < -0.39 is 17.4 Å². The molecule has 7 nitrogen and oxygen atoms in total. The Balaban J connectivity index is 3.11. The maximum Gasteiger partial charge on any atom is 0.335 e. The monoisotopic (exact) mass is 265 g/mol. The largest absolute Gasteiger partial charge is 0.478 e. The highest BCUT2D eigenvalue weighted by atomic mass is 16.5. The molecule has 0 aliphatic heterocycles. The molecule has 0 radical (unpaired) electrons. The number of aromatic carboxylic acids is 1. The number of carbonyl (C=O) groups excluding carboxylic acids is 1. The number of amides is 1. The van der Waals surface area contributed by atoms with Gasteiger partial charge < -0.3 is 21.0 Å². The summed E-state index contributed by atoms with van der Waals surface area (Å²) in [5, 5.41) is 28.2. The van der Waals surface area contributed by atoms with Crippen molar-refractivity contribution in [2.75, 3.05) is 7.05 Å². The van der Waals surface area contributed by atoms with Gasteiger partial charge in [0.2, 0.25) is 5.91 Å². The summed E-state index contributed by atoms with van der Waals surface area (Å²) in [5.74, 6) is -1.66. The third-order valence-corrected chi connectivity index (χ3v) is 2.83. The first-order chi connectivity index (χ1) is 8.86. The molecule has 0 saturated heterocycles. The number of hydrogen-bond donors (Lipinski definition) is 5. The predicted molar refractivity (Wildman–Crippen MR) is 67.6 cm³/mol. The van der Waals surface area contributed by atoms with E-state index in [1.165, 1.54) is 38.2 Å². The fraction of sp³-hybridized carbons (Fsp3) is 0.250. The van der Waals surface area contributed by atoms with Gasteiger partial charge in [0.1, 0.15) is 0 Å². The standard InChI is InChI=1S/C12H15N3O4/c1-12(15-19,11(18)14-2)9(13)7-3-5-8(6-4-7)10(16)17/h3-6,13,15,19H,1-2H3,(H,14,18)(H,16,17). The summed E-state index contributed by atoms with van der Waals surface area (Å²) in [6.45, 7) is 1.35. The Bertz CT molecular complexity index is 512. The molecule has 7 heteroatoms. The summed E-state index contributed by atoms with van der Waals surface area (Å²) in [5.41, 5.74) is 0.436. The van der Waals surface area contributed by atoms with Crippen LogP contribution in [0.2, 0.25) is 0 Å². The molecule has 102 valence electrons. The van der Waals surface area contributed by atoms with E-state index in [1.54, 1.807) is 0 Å². The minimum absolute atomic E-state index is 0.0788. The number of benzene rings is 1. The van der Waals surface area contributed by atoms with Gasteiger partial charge >= 0.3 is 5.97 Å². The van der Waals surface area contributed by atoms with Gasteiger partial charge in [-0.15, -0.1) is 0 Å². The van der Waals surface area contributed by atoms with Crippen molar-refractivity contribution in [2.24, 2.45) is 0 Å². The minimum atomic E-state index is -1.61. The number of hydrogen-bond acceptors (Lipinski definition) is 5. The van der Waals surface area contributed by atoms with Gasteiger partial charge in [-0.1, -0.05) is 12.1 Å². The number of carboxylic acid groups (broad SMARTS) is 1. The Morgan fingerprint density at radius 3 is 2.05 bits per heavy atom. The van der Waals surface area contributed by atoms with Gasteiger partial charge in [-0.3, -0.25) is 4.79 Å². The fourth-order valence-corrected chi connectivity index (χ4v) is 1.54. The van der Waals surface area contributed by atoms with E-state index in [0.29, 0.717) is 5.56 Å². The number of rotatable bonds is 5. The first-order valence-electron chi connectivity index (χ1n) is 5.43. The lowest BCUT2D eigenvalue weighted by Crippen LogP contribution is -2.58. The second-order valence-corrected chi connectivity index (χ2v) is 4.07. The van der Waals surface area contributed by atoms with Crippen LogP contribution in [-0.2, 0) is 4.79 Å². The van der Waals surface area contributed by atoms with Gasteiger partial charge in [-0.2, -0.15) is 5.48 Å². The molecule has 0 fully saturated rings. The number of hydroxylamine groups is 1. The average Bonchev–Trinajstić information content (AvgIpc) is 2.44. The van der Waals surface area contributed by atoms with E-state index in [4.69, 9.17) is 15.7 Å². The van der Waals surface area contributed by atoms with Crippen molar-refractivity contribution in [2.45, 2.75) is 12.5 Å². The van der Waals surface area contributed by atoms with Crippen molar-refractivity contribution in [3.05, 3.63) is 35.4 Å². The zero-order valence-corrected chi connectivity index (χ0v) is 10.5. The topological polar surface area (TPSA) is 123 Å². The molecule has 1 amide bonds. The Morgan fingerprint density at radius 1 is 1.21 bits per heavy atom. The molecule has 1 unspecified atom stereocenters. The van der Waals surface area contributed by atoms with Crippen molar-refractivity contribution in [1.29, 1.82) is 5.41 Å². The van der Waals surface area contributed by atoms with Gasteiger partial charge in [0, 0.05) is 7.05 Å². The van der Waals surface area contributed by atoms with Crippen molar-refractivity contribution in [3.8, 4) is 0 Å². The summed E-state index contributed by atoms with van der Waals surface area (Å²) in [6, 6.07) is 5.47. The van der Waals surface area contributed by atoms with Gasteiger partial charge in [0.15, 0.2) is 5.54 Å². The summed E-state index contributed by atoms with van der Waals surface area (Å²) in [6.07, 6.45) is 0. The van der Waals surface area contributed by atoms with Crippen LogP contribution in [0.15, 0.2) is 24.3 Å². The molecule has 0 bridgehead atoms. The molecule has 1 rings (SSSR count). The van der Waals surface area contributed by atoms with E-state index in [0.717, 1.165) is 0 Å². The zero-order valence-electron chi connectivity index (χ0n) is 10.5. The van der Waals surface area contributed by atoms with Gasteiger partial charge in [0.25, 0.3) is 0 Å². The van der Waals surface area contributed by atoms with E-state index in [2.05, 4.69) is 5.32 Å². The van der Waals surface area contributed by atoms with Gasteiger partial charge in [-0.05, 0) is 24.6 Å². The van der Waals surface area contributed by atoms with Crippen LogP contribution in [0, 0.1) is 5.41 Å². The lowest BCUT2D eigenvalue weighted by atomic mass is 9.90. The summed E-state index contributed by atoms with van der Waals surface area (Å²) in [4.78, 5) is 22.4. The van der Waals surface area contributed by atoms with Gasteiger partial charge in [0.05, 0.1) is 11.3 Å². The van der Waals surface area contributed by atoms with E-state index in [1.807, 2.05) is 5.48 Å². The summed E-state index contributed by atoms with van der Waals surface area (Å²) < 4.78 is 0. The molecular weight excluding hydrogens is 250 g/mol. The molecule has 19 heavy (non-hydrogen) atoms. The van der Waals surface area contributed by atoms with Crippen LogP contribution in [0.1, 0.15) is 22.8 Å². The maximum absolute atomic E-state index is 11.7. The van der Waals surface area contributed by atoms with Crippen molar-refractivity contribution < 1.29 is 19.9 Å². The number of nitrogens with one attached hydrogen (secondary N) is 3. The Kier molecular flexibility index (Phi) is 4.36. The van der Waals surface area contributed by atoms with Crippen molar-refractivity contribution >= 4 is 17.6 Å². The summed E-state index contributed by atoms with van der Waals surface area (Å²) >= 11 is 0. The van der Waals surface area contributed by atoms with Crippen LogP contribution in [-0.4, -0.2) is 40.5 Å². The minimum Gasteiger partial charge on any atom is -0.478 e. The average molecular weight is 265 g/mol. The highest BCUT2D eigenvalue weighted by molar-refractivity contribution is 6.18. The molecule has 1 atom stereocenters. The molecule has 0 spiro atoms. The first-order valence-corrected chi connectivity index (χ1v) is 5.43. The Morgan fingerprint density at radius 2 is 1.68 bits per heavy atom. The third-order valence-electron chi connectivity index (χ3n) is 2.83. The Hall–Kier alpha value is -2.25. The molecule has 0 aromatic heterocycles. The van der Waals surface area contributed by atoms with Crippen LogP contribution < -0.4 is 10.8 Å². The smallest absolute Gasteiger partial charge is 0.335 e. The fourth-order valence-electron chi connectivity index (χ4n) is 1.54. The quantitative estimate of drug-likeness (QED) is 0.385. The molecule has 0 heterocycles. The molecule has 1 aromatic carbocycles. The van der Waals surface area contributed by atoms with E-state index in [-0.39, 0.29) is 11.3 Å². The predicted octanol–water partition coefficient (Wildman–Crippen LogP) is 0.236. The van der Waals surface area contributed by atoms with Crippen LogP contribution in [0.3, 0.4) is 0 Å². The molecular formula is C12H15N3O4. The highest BCUT2D eigenvalue weighted by Crippen LogP contribution is 2.14. The molecule has 1 aromatic rings. The number of carbonyl (C=O) groups is 2. The molecule has 0 aliphatic carbocycles. The molecule has 0 saturated carbocycles. The number of likely N-dealkylation sites (N-methyl/N-ethyl adjacent to an activating group) is 1. The van der Waals surface area contributed by atoms with E-state index >= 15 is 0 Å². The summed E-state index contributed by atoms with van der Waals surface area (Å²) in [7, 11) is 1.39. The normalized spacial score (nSPS) is 13.4. The zero-order chi connectivity index (χ0) is 14.6. The lowest BCUT2D eigenvalue weighted by molar-refractivity contribution is -0.127. The van der Waals surface area contributed by atoms with Crippen molar-refractivity contribution in [3.63, 3.8) is 0 Å². The lowest BCUT2D eigenvalue weighted by Gasteiger charge is -2.26. The molecule has 0 aliphatic rings. The second kappa shape index (κ2) is 5.59. The highest BCUT2D eigenvalue weighted by Gasteiger charge is 2.37. The third kappa shape index (κ3) is 2.78. The van der Waals surface area contributed by atoms with Crippen LogP contribution in [0.5, 0.6) is 0 Å².